The maximum atomic E-state index is 2.37. The summed E-state index contributed by atoms with van der Waals surface area (Å²) in [5.41, 5.74) is 4.30. The fraction of sp³-hybridized carbons (Fsp3) is 0.375. The van der Waals surface area contributed by atoms with Crippen LogP contribution in [0.15, 0.2) is 40.8 Å². The van der Waals surface area contributed by atoms with Crippen LogP contribution in [0.5, 0.6) is 0 Å². The van der Waals surface area contributed by atoms with E-state index in [4.69, 9.17) is 0 Å². The molecule has 17 heavy (non-hydrogen) atoms. The summed E-state index contributed by atoms with van der Waals surface area (Å²) in [6.07, 6.45) is 3.53. The minimum Gasteiger partial charge on any atom is -0.0946 e. The second-order valence-corrected chi connectivity index (χ2v) is 6.14. The van der Waals surface area contributed by atoms with E-state index in [0.29, 0.717) is 5.92 Å². The molecule has 0 aliphatic carbocycles. The molecule has 1 aliphatic heterocycles. The van der Waals surface area contributed by atoms with E-state index < -0.39 is 0 Å². The minimum absolute atomic E-state index is 0.648. The van der Waals surface area contributed by atoms with Crippen molar-refractivity contribution < 1.29 is 0 Å². The van der Waals surface area contributed by atoms with Gasteiger partial charge in [-0.2, -0.15) is 0 Å². The van der Waals surface area contributed by atoms with Gasteiger partial charge in [0, 0.05) is 4.91 Å². The maximum Gasteiger partial charge on any atom is 0.0186 e. The summed E-state index contributed by atoms with van der Waals surface area (Å²) in [7, 11) is 0. The van der Waals surface area contributed by atoms with Gasteiger partial charge in [0.1, 0.15) is 0 Å². The molecule has 0 aromatic heterocycles. The summed E-state index contributed by atoms with van der Waals surface area (Å²) in [4.78, 5) is 2.88. The van der Waals surface area contributed by atoms with Crippen LogP contribution >= 0.6 is 11.8 Å². The highest BCUT2D eigenvalue weighted by Gasteiger charge is 2.17. The normalized spacial score (nSPS) is 21.2. The lowest BCUT2D eigenvalue weighted by atomic mass is 9.95. The molecule has 0 amide bonds. The highest BCUT2D eigenvalue weighted by Crippen LogP contribution is 2.42. The van der Waals surface area contributed by atoms with Crippen molar-refractivity contribution in [1.82, 2.24) is 0 Å². The van der Waals surface area contributed by atoms with E-state index in [-0.39, 0.29) is 0 Å². The summed E-state index contributed by atoms with van der Waals surface area (Å²) in [5, 5.41) is 0. The molecule has 0 N–H and O–H groups in total. The Balaban J connectivity index is 2.52. The highest BCUT2D eigenvalue weighted by atomic mass is 32.2. The van der Waals surface area contributed by atoms with Gasteiger partial charge in [-0.15, -0.1) is 0 Å². The molecule has 1 atom stereocenters. The average molecular weight is 244 g/mol. The van der Waals surface area contributed by atoms with Gasteiger partial charge in [0.25, 0.3) is 0 Å². The lowest BCUT2D eigenvalue weighted by Crippen LogP contribution is -1.97. The summed E-state index contributed by atoms with van der Waals surface area (Å²) >= 11 is 1.93. The molecule has 0 radical (unpaired) electrons. The Morgan fingerprint density at radius 2 is 1.82 bits per heavy atom. The van der Waals surface area contributed by atoms with Crippen molar-refractivity contribution in [3.8, 4) is 0 Å². The van der Waals surface area contributed by atoms with Gasteiger partial charge >= 0.3 is 0 Å². The lowest BCUT2D eigenvalue weighted by molar-refractivity contribution is 0.699. The summed E-state index contributed by atoms with van der Waals surface area (Å²) in [6.45, 7) is 9.02. The van der Waals surface area contributed by atoms with Gasteiger partial charge in [0.2, 0.25) is 0 Å². The number of aryl methyl sites for hydroxylation is 1. The Bertz CT molecular complexity index is 480. The Morgan fingerprint density at radius 1 is 1.12 bits per heavy atom. The topological polar surface area (TPSA) is 0 Å². The van der Waals surface area contributed by atoms with Gasteiger partial charge in [-0.3, -0.25) is 0 Å². The van der Waals surface area contributed by atoms with Crippen LogP contribution < -0.4 is 0 Å². The Morgan fingerprint density at radius 3 is 2.53 bits per heavy atom. The predicted molar refractivity (Wildman–Crippen MR) is 78.9 cm³/mol. The second kappa shape index (κ2) is 5.14. The Labute approximate surface area is 109 Å². The Hall–Kier alpha value is -0.950. The summed E-state index contributed by atoms with van der Waals surface area (Å²) in [6, 6.07) is 8.69. The van der Waals surface area contributed by atoms with Crippen LogP contribution in [0.25, 0.3) is 4.91 Å². The van der Waals surface area contributed by atoms with Crippen molar-refractivity contribution in [1.29, 1.82) is 0 Å². The standard InChI is InChI=1S/C16H20S/c1-11-9-10-13(3)17-16(14(11)4)15-8-6-5-7-12(15)2/h5-8,10-11H,9H2,1-4H3. The largest absolute Gasteiger partial charge is 0.0946 e. The fourth-order valence-electron chi connectivity index (χ4n) is 2.12. The van der Waals surface area contributed by atoms with E-state index in [1.54, 1.807) is 0 Å². The van der Waals surface area contributed by atoms with Crippen LogP contribution in [0.3, 0.4) is 0 Å². The zero-order chi connectivity index (χ0) is 12.4. The van der Waals surface area contributed by atoms with Gasteiger partial charge in [-0.25, -0.2) is 0 Å². The van der Waals surface area contributed by atoms with Gasteiger partial charge in [0.05, 0.1) is 0 Å². The molecular formula is C16H20S. The quantitative estimate of drug-likeness (QED) is 0.637. The second-order valence-electron chi connectivity index (χ2n) is 4.88. The van der Waals surface area contributed by atoms with E-state index in [1.807, 2.05) is 11.8 Å². The molecule has 1 aromatic carbocycles. The third-order valence-corrected chi connectivity index (χ3v) is 4.74. The fourth-order valence-corrected chi connectivity index (χ4v) is 3.32. The molecular weight excluding hydrogens is 224 g/mol. The first-order valence-electron chi connectivity index (χ1n) is 6.21. The van der Waals surface area contributed by atoms with E-state index in [0.717, 1.165) is 0 Å². The van der Waals surface area contributed by atoms with Crippen LogP contribution in [0.4, 0.5) is 0 Å². The first-order valence-corrected chi connectivity index (χ1v) is 7.02. The van der Waals surface area contributed by atoms with Crippen molar-refractivity contribution in [3.63, 3.8) is 0 Å². The van der Waals surface area contributed by atoms with Crippen LogP contribution in [0, 0.1) is 12.8 Å². The Kier molecular flexibility index (Phi) is 3.78. The molecule has 0 saturated carbocycles. The van der Waals surface area contributed by atoms with Crippen molar-refractivity contribution in [3.05, 3.63) is 51.9 Å². The molecule has 1 aliphatic rings. The lowest BCUT2D eigenvalue weighted by Gasteiger charge is -2.15. The number of hydrogen-bond acceptors (Lipinski definition) is 1. The number of benzene rings is 1. The SMILES string of the molecule is CC1=CCC(C)C(C)=C(c2ccccc2C)S1. The first kappa shape index (κ1) is 12.5. The maximum absolute atomic E-state index is 2.37. The van der Waals surface area contributed by atoms with Crippen molar-refractivity contribution in [2.75, 3.05) is 0 Å². The molecule has 0 spiro atoms. The van der Waals surface area contributed by atoms with Crippen LogP contribution in [-0.4, -0.2) is 0 Å². The molecule has 0 saturated heterocycles. The molecule has 1 heteroatoms. The van der Waals surface area contributed by atoms with Crippen LogP contribution in [0.1, 0.15) is 38.3 Å². The highest BCUT2D eigenvalue weighted by molar-refractivity contribution is 8.11. The molecule has 1 heterocycles. The summed E-state index contributed by atoms with van der Waals surface area (Å²) < 4.78 is 0. The molecule has 1 unspecified atom stereocenters. The third-order valence-electron chi connectivity index (χ3n) is 3.51. The van der Waals surface area contributed by atoms with Gasteiger partial charge in [-0.1, -0.05) is 54.6 Å². The van der Waals surface area contributed by atoms with E-state index in [1.165, 1.54) is 32.9 Å². The third kappa shape index (κ3) is 2.66. The monoisotopic (exact) mass is 244 g/mol. The number of allylic oxidation sites excluding steroid dienone is 3. The van der Waals surface area contributed by atoms with E-state index in [2.05, 4.69) is 58.0 Å². The molecule has 90 valence electrons. The van der Waals surface area contributed by atoms with Gasteiger partial charge in [0.15, 0.2) is 0 Å². The van der Waals surface area contributed by atoms with E-state index >= 15 is 0 Å². The van der Waals surface area contributed by atoms with Crippen molar-refractivity contribution in [2.45, 2.75) is 34.1 Å². The molecule has 0 fully saturated rings. The molecule has 0 nitrogen and oxygen atoms in total. The summed E-state index contributed by atoms with van der Waals surface area (Å²) in [5.74, 6) is 0.648. The van der Waals surface area contributed by atoms with Gasteiger partial charge < -0.3 is 0 Å². The molecule has 0 bridgehead atoms. The van der Waals surface area contributed by atoms with Crippen LogP contribution in [-0.2, 0) is 0 Å². The van der Waals surface area contributed by atoms with Crippen LogP contribution in [0.2, 0.25) is 0 Å². The predicted octanol–water partition coefficient (Wildman–Crippen LogP) is 5.40. The minimum atomic E-state index is 0.648. The smallest absolute Gasteiger partial charge is 0.0186 e. The van der Waals surface area contributed by atoms with E-state index in [9.17, 15) is 0 Å². The van der Waals surface area contributed by atoms with Gasteiger partial charge in [-0.05, 0) is 49.1 Å². The zero-order valence-electron chi connectivity index (χ0n) is 11.1. The first-order chi connectivity index (χ1) is 8.09. The average Bonchev–Trinajstić information content (AvgIpc) is 2.44. The number of hydrogen-bond donors (Lipinski definition) is 0. The van der Waals surface area contributed by atoms with Crippen molar-refractivity contribution in [2.24, 2.45) is 5.92 Å². The molecule has 2 rings (SSSR count). The zero-order valence-corrected chi connectivity index (χ0v) is 11.9. The number of rotatable bonds is 1. The van der Waals surface area contributed by atoms with Crippen molar-refractivity contribution >= 4 is 16.7 Å². The number of thioether (sulfide) groups is 1. The molecule has 1 aromatic rings.